The zero-order valence-electron chi connectivity index (χ0n) is 16.4. The Morgan fingerprint density at radius 2 is 2.07 bits per heavy atom. The van der Waals surface area contributed by atoms with Crippen molar-refractivity contribution in [2.75, 3.05) is 6.54 Å². The van der Waals surface area contributed by atoms with Crippen LogP contribution in [0.4, 0.5) is 0 Å². The first-order chi connectivity index (χ1) is 14.0. The van der Waals surface area contributed by atoms with E-state index in [-0.39, 0.29) is 5.91 Å². The van der Waals surface area contributed by atoms with Crippen molar-refractivity contribution in [3.63, 3.8) is 0 Å². The molecule has 0 radical (unpaired) electrons. The molecule has 3 heterocycles. The molecule has 3 aromatic heterocycles. The first kappa shape index (κ1) is 19.1. The minimum Gasteiger partial charge on any atom is -0.361 e. The fraction of sp³-hybridized carbons (Fsp3) is 0.238. The number of hydrogen-bond donors (Lipinski definition) is 1. The molecule has 0 saturated carbocycles. The van der Waals surface area contributed by atoms with Gasteiger partial charge >= 0.3 is 0 Å². The minimum absolute atomic E-state index is 0.176. The van der Waals surface area contributed by atoms with E-state index < -0.39 is 0 Å². The molecule has 0 unspecified atom stereocenters. The number of nitrogens with zero attached hydrogens (tertiary/aromatic N) is 4. The van der Waals surface area contributed by atoms with Gasteiger partial charge in [0.25, 0.3) is 5.91 Å². The molecule has 0 aliphatic heterocycles. The molecule has 1 N–H and O–H groups in total. The molecule has 7 nitrogen and oxygen atoms in total. The molecule has 4 aromatic rings. The van der Waals surface area contributed by atoms with Crippen LogP contribution in [0.3, 0.4) is 0 Å². The number of aryl methyl sites for hydroxylation is 3. The van der Waals surface area contributed by atoms with Gasteiger partial charge < -0.3 is 9.84 Å². The van der Waals surface area contributed by atoms with E-state index in [1.54, 1.807) is 24.4 Å². The van der Waals surface area contributed by atoms with Crippen LogP contribution in [-0.4, -0.2) is 32.1 Å². The first-order valence-electron chi connectivity index (χ1n) is 9.25. The third-order valence-electron chi connectivity index (χ3n) is 4.87. The smallest absolute Gasteiger partial charge is 0.251 e. The van der Waals surface area contributed by atoms with Gasteiger partial charge in [-0.1, -0.05) is 16.8 Å². The van der Waals surface area contributed by atoms with E-state index in [9.17, 15) is 4.79 Å². The highest BCUT2D eigenvalue weighted by Crippen LogP contribution is 2.27. The summed E-state index contributed by atoms with van der Waals surface area (Å²) in [4.78, 5) is 21.6. The van der Waals surface area contributed by atoms with Gasteiger partial charge in [0, 0.05) is 23.9 Å². The van der Waals surface area contributed by atoms with E-state index in [2.05, 4.69) is 20.4 Å². The summed E-state index contributed by atoms with van der Waals surface area (Å²) < 4.78 is 7.02. The zero-order valence-corrected chi connectivity index (χ0v) is 17.1. The van der Waals surface area contributed by atoms with E-state index in [4.69, 9.17) is 16.1 Å². The van der Waals surface area contributed by atoms with Gasteiger partial charge in [-0.25, -0.2) is 9.97 Å². The molecule has 0 aliphatic carbocycles. The summed E-state index contributed by atoms with van der Waals surface area (Å²) in [5.41, 5.74) is 4.52. The van der Waals surface area contributed by atoms with Crippen molar-refractivity contribution < 1.29 is 9.32 Å². The molecule has 0 saturated heterocycles. The second-order valence-electron chi connectivity index (χ2n) is 6.82. The lowest BCUT2D eigenvalue weighted by atomic mass is 10.1. The lowest BCUT2D eigenvalue weighted by molar-refractivity contribution is 0.0954. The number of rotatable bonds is 5. The van der Waals surface area contributed by atoms with Crippen LogP contribution < -0.4 is 5.32 Å². The Labute approximate surface area is 172 Å². The lowest BCUT2D eigenvalue weighted by Gasteiger charge is -2.11. The van der Waals surface area contributed by atoms with Crippen molar-refractivity contribution in [2.24, 2.45) is 0 Å². The second kappa shape index (κ2) is 7.67. The summed E-state index contributed by atoms with van der Waals surface area (Å²) in [7, 11) is 0. The first-order valence-corrected chi connectivity index (χ1v) is 9.63. The van der Waals surface area contributed by atoms with Crippen LogP contribution in [0.25, 0.3) is 16.9 Å². The van der Waals surface area contributed by atoms with Crippen molar-refractivity contribution in [2.45, 2.75) is 27.2 Å². The Kier molecular flexibility index (Phi) is 5.07. The third-order valence-corrected chi connectivity index (χ3v) is 5.19. The summed E-state index contributed by atoms with van der Waals surface area (Å²) in [6, 6.07) is 8.91. The molecule has 0 fully saturated rings. The quantitative estimate of drug-likeness (QED) is 0.539. The van der Waals surface area contributed by atoms with Crippen LogP contribution in [0.2, 0.25) is 5.02 Å². The summed E-state index contributed by atoms with van der Waals surface area (Å²) in [5.74, 6) is 1.35. The van der Waals surface area contributed by atoms with Gasteiger partial charge in [0.2, 0.25) is 0 Å². The Morgan fingerprint density at radius 3 is 2.83 bits per heavy atom. The fourth-order valence-electron chi connectivity index (χ4n) is 3.40. The Hall–Kier alpha value is -3.19. The van der Waals surface area contributed by atoms with Gasteiger partial charge in [0.05, 0.1) is 16.4 Å². The number of pyridine rings is 1. The Bertz CT molecular complexity index is 1190. The number of benzene rings is 1. The highest BCUT2D eigenvalue weighted by atomic mass is 35.5. The predicted octanol–water partition coefficient (Wildman–Crippen LogP) is 3.96. The molecule has 148 valence electrons. The van der Waals surface area contributed by atoms with Gasteiger partial charge in [-0.05, 0) is 57.5 Å². The number of carbonyl (C=O) groups excluding carboxylic acids is 1. The molecule has 4 rings (SSSR count). The largest absolute Gasteiger partial charge is 0.361 e. The van der Waals surface area contributed by atoms with Crippen LogP contribution >= 0.6 is 11.6 Å². The van der Waals surface area contributed by atoms with E-state index in [0.29, 0.717) is 34.9 Å². The summed E-state index contributed by atoms with van der Waals surface area (Å²) in [6.07, 6.45) is 2.36. The summed E-state index contributed by atoms with van der Waals surface area (Å²) >= 11 is 6.45. The number of fused-ring (bicyclic) bond motifs is 1. The van der Waals surface area contributed by atoms with Gasteiger partial charge in [-0.15, -0.1) is 0 Å². The van der Waals surface area contributed by atoms with E-state index >= 15 is 0 Å². The number of imidazole rings is 1. The van der Waals surface area contributed by atoms with Gasteiger partial charge in [-0.3, -0.25) is 9.36 Å². The number of amides is 1. The molecular weight excluding hydrogens is 390 g/mol. The highest BCUT2D eigenvalue weighted by Gasteiger charge is 2.16. The second-order valence-corrected chi connectivity index (χ2v) is 7.22. The maximum Gasteiger partial charge on any atom is 0.251 e. The molecule has 0 spiro atoms. The van der Waals surface area contributed by atoms with Crippen molar-refractivity contribution in [3.8, 4) is 5.69 Å². The molecule has 0 aliphatic rings. The standard InChI is InChI=1S/C21H20ClN5O2/c1-12-16(13(2)29-26-12)8-10-24-21(28)15-6-7-17(22)19(11-15)27-14(3)25-18-5-4-9-23-20(18)27/h4-7,9,11H,8,10H2,1-3H3,(H,24,28). The number of nitrogens with one attached hydrogen (secondary N) is 1. The Morgan fingerprint density at radius 1 is 1.24 bits per heavy atom. The fourth-order valence-corrected chi connectivity index (χ4v) is 3.60. The average Bonchev–Trinajstić information content (AvgIpc) is 3.21. The predicted molar refractivity (Wildman–Crippen MR) is 111 cm³/mol. The van der Waals surface area contributed by atoms with Crippen LogP contribution in [0, 0.1) is 20.8 Å². The average molecular weight is 410 g/mol. The molecule has 1 amide bonds. The zero-order chi connectivity index (χ0) is 20.5. The molecular formula is C21H20ClN5O2. The number of aromatic nitrogens is 4. The van der Waals surface area contributed by atoms with Gasteiger partial charge in [0.15, 0.2) is 5.65 Å². The van der Waals surface area contributed by atoms with E-state index in [0.717, 1.165) is 28.4 Å². The van der Waals surface area contributed by atoms with Gasteiger partial charge in [-0.2, -0.15) is 0 Å². The lowest BCUT2D eigenvalue weighted by Crippen LogP contribution is -2.26. The van der Waals surface area contributed by atoms with E-state index in [1.165, 1.54) is 0 Å². The Balaban J connectivity index is 1.58. The van der Waals surface area contributed by atoms with Gasteiger partial charge in [0.1, 0.15) is 17.1 Å². The molecule has 0 atom stereocenters. The SMILES string of the molecule is Cc1noc(C)c1CCNC(=O)c1ccc(Cl)c(-n2c(C)nc3cccnc32)c1. The number of halogens is 1. The van der Waals surface area contributed by atoms with E-state index in [1.807, 2.05) is 37.5 Å². The highest BCUT2D eigenvalue weighted by molar-refractivity contribution is 6.32. The maximum atomic E-state index is 12.7. The van der Waals surface area contributed by atoms with Crippen molar-refractivity contribution in [1.82, 2.24) is 25.0 Å². The van der Waals surface area contributed by atoms with Crippen LogP contribution in [0.5, 0.6) is 0 Å². The topological polar surface area (TPSA) is 85.8 Å². The number of carbonyl (C=O) groups is 1. The van der Waals surface area contributed by atoms with Crippen molar-refractivity contribution in [3.05, 3.63) is 70.0 Å². The summed E-state index contributed by atoms with van der Waals surface area (Å²) in [5, 5.41) is 7.40. The van der Waals surface area contributed by atoms with Crippen molar-refractivity contribution >= 4 is 28.7 Å². The monoisotopic (exact) mass is 409 g/mol. The minimum atomic E-state index is -0.176. The number of hydrogen-bond acceptors (Lipinski definition) is 5. The molecule has 29 heavy (non-hydrogen) atoms. The van der Waals surface area contributed by atoms with Crippen LogP contribution in [0.1, 0.15) is 33.2 Å². The van der Waals surface area contributed by atoms with Crippen LogP contribution in [0.15, 0.2) is 41.1 Å². The molecule has 8 heteroatoms. The van der Waals surface area contributed by atoms with Crippen molar-refractivity contribution in [1.29, 1.82) is 0 Å². The maximum absolute atomic E-state index is 12.7. The summed E-state index contributed by atoms with van der Waals surface area (Å²) in [6.45, 7) is 6.13. The van der Waals surface area contributed by atoms with Crippen LogP contribution in [-0.2, 0) is 6.42 Å². The molecule has 0 bridgehead atoms. The normalized spacial score (nSPS) is 11.2. The molecule has 1 aromatic carbocycles. The third kappa shape index (κ3) is 3.61.